The minimum atomic E-state index is 0.292. The summed E-state index contributed by atoms with van der Waals surface area (Å²) in [6.07, 6.45) is 5.52. The molecule has 0 aliphatic heterocycles. The standard InChI is InChI=1S/C13H24N2/c1-6-15-11-7-12(2,3)9-13(4,8-11)10-14-5/h6,11H,5,7-10H2,1-4H3/b15-6-. The van der Waals surface area contributed by atoms with Crippen LogP contribution in [0.4, 0.5) is 0 Å². The van der Waals surface area contributed by atoms with Gasteiger partial charge in [0.05, 0.1) is 6.04 Å². The largest absolute Gasteiger partial charge is 0.300 e. The Morgan fingerprint density at radius 1 is 1.33 bits per heavy atom. The van der Waals surface area contributed by atoms with Crippen LogP contribution in [0.3, 0.4) is 0 Å². The van der Waals surface area contributed by atoms with E-state index in [4.69, 9.17) is 0 Å². The van der Waals surface area contributed by atoms with Crippen molar-refractivity contribution in [3.63, 3.8) is 0 Å². The van der Waals surface area contributed by atoms with Crippen LogP contribution in [0.5, 0.6) is 0 Å². The van der Waals surface area contributed by atoms with E-state index in [9.17, 15) is 0 Å². The van der Waals surface area contributed by atoms with E-state index in [1.54, 1.807) is 0 Å². The maximum absolute atomic E-state index is 4.57. The van der Waals surface area contributed by atoms with E-state index in [0.29, 0.717) is 16.9 Å². The second-order valence-corrected chi connectivity index (χ2v) is 6.00. The lowest BCUT2D eigenvalue weighted by Crippen LogP contribution is -2.39. The molecule has 0 radical (unpaired) electrons. The summed E-state index contributed by atoms with van der Waals surface area (Å²) in [5, 5.41) is 0. The molecule has 2 unspecified atom stereocenters. The fourth-order valence-electron chi connectivity index (χ4n) is 3.29. The Morgan fingerprint density at radius 2 is 2.00 bits per heavy atom. The van der Waals surface area contributed by atoms with Gasteiger partial charge in [0.25, 0.3) is 0 Å². The van der Waals surface area contributed by atoms with Crippen molar-refractivity contribution in [3.05, 3.63) is 0 Å². The van der Waals surface area contributed by atoms with E-state index >= 15 is 0 Å². The van der Waals surface area contributed by atoms with Crippen LogP contribution in [0, 0.1) is 10.8 Å². The maximum Gasteiger partial charge on any atom is 0.0506 e. The quantitative estimate of drug-likeness (QED) is 0.635. The van der Waals surface area contributed by atoms with E-state index in [-0.39, 0.29) is 0 Å². The minimum absolute atomic E-state index is 0.292. The zero-order valence-corrected chi connectivity index (χ0v) is 10.6. The van der Waals surface area contributed by atoms with Crippen LogP contribution in [0.25, 0.3) is 0 Å². The van der Waals surface area contributed by atoms with E-state index in [1.165, 1.54) is 12.8 Å². The topological polar surface area (TPSA) is 24.7 Å². The first-order valence-electron chi connectivity index (χ1n) is 5.81. The SMILES string of the molecule is C=NCC1(C)CC(/N=C\C)CC(C)(C)C1. The molecule has 86 valence electrons. The van der Waals surface area contributed by atoms with Crippen molar-refractivity contribution in [1.29, 1.82) is 0 Å². The Labute approximate surface area is 93.9 Å². The van der Waals surface area contributed by atoms with E-state index in [1.807, 2.05) is 13.1 Å². The normalized spacial score (nSPS) is 35.6. The first-order valence-corrected chi connectivity index (χ1v) is 5.81. The number of nitrogens with zero attached hydrogens (tertiary/aromatic N) is 2. The Morgan fingerprint density at radius 3 is 2.53 bits per heavy atom. The van der Waals surface area contributed by atoms with Gasteiger partial charge in [0.15, 0.2) is 0 Å². The molecule has 1 aliphatic carbocycles. The third-order valence-corrected chi connectivity index (χ3v) is 3.28. The predicted octanol–water partition coefficient (Wildman–Crippen LogP) is 3.36. The zero-order chi connectivity index (χ0) is 11.5. The van der Waals surface area contributed by atoms with Gasteiger partial charge in [-0.15, -0.1) is 0 Å². The van der Waals surface area contributed by atoms with Crippen molar-refractivity contribution in [2.45, 2.75) is 53.0 Å². The molecule has 0 bridgehead atoms. The van der Waals surface area contributed by atoms with Crippen LogP contribution in [-0.4, -0.2) is 25.5 Å². The summed E-state index contributed by atoms with van der Waals surface area (Å²) in [5.41, 5.74) is 0.676. The molecule has 0 aromatic carbocycles. The van der Waals surface area contributed by atoms with Crippen molar-refractivity contribution in [3.8, 4) is 0 Å². The molecule has 0 amide bonds. The third-order valence-electron chi connectivity index (χ3n) is 3.28. The van der Waals surface area contributed by atoms with Gasteiger partial charge in [0, 0.05) is 6.54 Å². The molecule has 2 nitrogen and oxygen atoms in total. The van der Waals surface area contributed by atoms with Crippen molar-refractivity contribution in [2.24, 2.45) is 20.8 Å². The Bertz CT molecular complexity index is 255. The molecule has 0 heterocycles. The van der Waals surface area contributed by atoms with Crippen LogP contribution in [0.1, 0.15) is 47.0 Å². The second kappa shape index (κ2) is 4.46. The van der Waals surface area contributed by atoms with Crippen LogP contribution >= 0.6 is 0 Å². The first kappa shape index (κ1) is 12.4. The Hall–Kier alpha value is -0.660. The van der Waals surface area contributed by atoms with Gasteiger partial charge in [0.2, 0.25) is 0 Å². The molecule has 0 N–H and O–H groups in total. The van der Waals surface area contributed by atoms with Gasteiger partial charge in [-0.1, -0.05) is 20.8 Å². The summed E-state index contributed by atoms with van der Waals surface area (Å²) >= 11 is 0. The summed E-state index contributed by atoms with van der Waals surface area (Å²) in [4.78, 5) is 8.66. The van der Waals surface area contributed by atoms with Crippen LogP contribution in [-0.2, 0) is 0 Å². The lowest BCUT2D eigenvalue weighted by molar-refractivity contribution is 0.0918. The monoisotopic (exact) mass is 208 g/mol. The van der Waals surface area contributed by atoms with Gasteiger partial charge in [-0.2, -0.15) is 0 Å². The van der Waals surface area contributed by atoms with Gasteiger partial charge < -0.3 is 4.99 Å². The molecule has 2 atom stereocenters. The molecular weight excluding hydrogens is 184 g/mol. The molecule has 0 aromatic rings. The molecular formula is C13H24N2. The number of rotatable bonds is 3. The van der Waals surface area contributed by atoms with E-state index in [0.717, 1.165) is 13.0 Å². The highest BCUT2D eigenvalue weighted by Gasteiger charge is 2.40. The van der Waals surface area contributed by atoms with Crippen molar-refractivity contribution < 1.29 is 0 Å². The molecule has 1 fully saturated rings. The molecule has 2 heteroatoms. The smallest absolute Gasteiger partial charge is 0.0506 e. The highest BCUT2D eigenvalue weighted by atomic mass is 14.8. The average molecular weight is 208 g/mol. The summed E-state index contributed by atoms with van der Waals surface area (Å²) in [6.45, 7) is 13.5. The Balaban J connectivity index is 2.79. The lowest BCUT2D eigenvalue weighted by Gasteiger charge is -2.44. The predicted molar refractivity (Wildman–Crippen MR) is 68.1 cm³/mol. The fraction of sp³-hybridized carbons (Fsp3) is 0.846. The molecule has 1 saturated carbocycles. The van der Waals surface area contributed by atoms with Crippen molar-refractivity contribution in [1.82, 2.24) is 0 Å². The van der Waals surface area contributed by atoms with Crippen molar-refractivity contribution in [2.75, 3.05) is 6.54 Å². The highest BCUT2D eigenvalue weighted by molar-refractivity contribution is 5.53. The zero-order valence-electron chi connectivity index (χ0n) is 10.6. The highest BCUT2D eigenvalue weighted by Crippen LogP contribution is 2.47. The number of aliphatic imine (C=N–C) groups is 2. The van der Waals surface area contributed by atoms with E-state index in [2.05, 4.69) is 37.5 Å². The molecule has 1 rings (SSSR count). The molecule has 1 aliphatic rings. The van der Waals surface area contributed by atoms with Crippen LogP contribution in [0.15, 0.2) is 9.98 Å². The molecule has 0 aromatic heterocycles. The van der Waals surface area contributed by atoms with Gasteiger partial charge in [-0.3, -0.25) is 4.99 Å². The minimum Gasteiger partial charge on any atom is -0.300 e. The van der Waals surface area contributed by atoms with Gasteiger partial charge in [0.1, 0.15) is 0 Å². The summed E-state index contributed by atoms with van der Waals surface area (Å²) in [5.74, 6) is 0. The van der Waals surface area contributed by atoms with Crippen LogP contribution < -0.4 is 0 Å². The summed E-state index contributed by atoms with van der Waals surface area (Å²) in [6, 6.07) is 0.477. The van der Waals surface area contributed by atoms with Gasteiger partial charge >= 0.3 is 0 Å². The number of hydrogen-bond donors (Lipinski definition) is 0. The summed E-state index contributed by atoms with van der Waals surface area (Å²) in [7, 11) is 0. The molecule has 0 spiro atoms. The first-order chi connectivity index (χ1) is 6.91. The van der Waals surface area contributed by atoms with Crippen LogP contribution in [0.2, 0.25) is 0 Å². The summed E-state index contributed by atoms with van der Waals surface area (Å²) < 4.78 is 0. The van der Waals surface area contributed by atoms with E-state index < -0.39 is 0 Å². The second-order valence-electron chi connectivity index (χ2n) is 6.00. The van der Waals surface area contributed by atoms with Crippen molar-refractivity contribution >= 4 is 12.9 Å². The fourth-order valence-corrected chi connectivity index (χ4v) is 3.29. The average Bonchev–Trinajstić information content (AvgIpc) is 1.99. The lowest BCUT2D eigenvalue weighted by atomic mass is 9.63. The Kier molecular flexibility index (Phi) is 3.69. The molecule has 0 saturated heterocycles. The van der Waals surface area contributed by atoms with Gasteiger partial charge in [-0.05, 0) is 49.9 Å². The van der Waals surface area contributed by atoms with Gasteiger partial charge in [-0.25, -0.2) is 0 Å². The third kappa shape index (κ3) is 3.44. The molecule has 15 heavy (non-hydrogen) atoms. The number of hydrogen-bond acceptors (Lipinski definition) is 2. The maximum atomic E-state index is 4.57.